The summed E-state index contributed by atoms with van der Waals surface area (Å²) in [7, 11) is 1.50. The highest BCUT2D eigenvalue weighted by molar-refractivity contribution is 6.00. The van der Waals surface area contributed by atoms with Crippen LogP contribution >= 0.6 is 0 Å². The average molecular weight is 542 g/mol. The zero-order valence-electron chi connectivity index (χ0n) is 22.2. The van der Waals surface area contributed by atoms with Crippen LogP contribution in [0.4, 0.5) is 26.5 Å². The van der Waals surface area contributed by atoms with E-state index < -0.39 is 29.9 Å². The summed E-state index contributed by atoms with van der Waals surface area (Å²) in [5, 5.41) is 20.0. The van der Waals surface area contributed by atoms with E-state index in [1.54, 1.807) is 39.1 Å². The molecule has 2 amide bonds. The molecule has 0 aliphatic heterocycles. The van der Waals surface area contributed by atoms with Gasteiger partial charge in [-0.25, -0.2) is 14.2 Å². The van der Waals surface area contributed by atoms with Gasteiger partial charge < -0.3 is 25.0 Å². The van der Waals surface area contributed by atoms with Crippen LogP contribution in [0.25, 0.3) is 5.65 Å². The summed E-state index contributed by atoms with van der Waals surface area (Å²) in [6.45, 7) is 5.23. The molecule has 0 radical (unpaired) electrons. The van der Waals surface area contributed by atoms with Gasteiger partial charge >= 0.3 is 6.09 Å². The third-order valence-corrected chi connectivity index (χ3v) is 6.95. The summed E-state index contributed by atoms with van der Waals surface area (Å²) in [4.78, 5) is 44.9. The molecule has 2 aliphatic rings. The molecule has 0 bridgehead atoms. The van der Waals surface area contributed by atoms with E-state index >= 15 is 0 Å². The predicted molar refractivity (Wildman–Crippen MR) is 141 cm³/mol. The number of hydrogen-bond acceptors (Lipinski definition) is 8. The van der Waals surface area contributed by atoms with Crippen molar-refractivity contribution in [2.24, 2.45) is 0 Å². The Morgan fingerprint density at radius 3 is 2.62 bits per heavy atom. The van der Waals surface area contributed by atoms with Gasteiger partial charge in [0.15, 0.2) is 5.65 Å². The van der Waals surface area contributed by atoms with Crippen LogP contribution in [-0.2, 0) is 4.74 Å². The minimum Gasteiger partial charge on any atom is -0.443 e. The number of amides is 2. The molecule has 12 nitrogen and oxygen atoms in total. The van der Waals surface area contributed by atoms with Crippen molar-refractivity contribution in [3.8, 4) is 0 Å². The maximum Gasteiger partial charge on any atom is 0.415 e. The quantitative estimate of drug-likeness (QED) is 0.432. The number of nitrogens with one attached hydrogen (secondary N) is 2. The Labute approximate surface area is 223 Å². The van der Waals surface area contributed by atoms with Crippen molar-refractivity contribution >= 4 is 35.0 Å². The Balaban J connectivity index is 1.53. The van der Waals surface area contributed by atoms with Crippen molar-refractivity contribution in [2.75, 3.05) is 17.3 Å². The molecular weight excluding hydrogens is 509 g/mol. The molecule has 2 aliphatic carbocycles. The molecule has 5 rings (SSSR count). The molecular formula is C26H32FN7O5. The van der Waals surface area contributed by atoms with Gasteiger partial charge in [-0.3, -0.25) is 14.5 Å². The number of halogens is 1. The fraction of sp³-hybridized carbons (Fsp3) is 0.500. The fourth-order valence-corrected chi connectivity index (χ4v) is 4.51. The van der Waals surface area contributed by atoms with Crippen molar-refractivity contribution in [3.63, 3.8) is 0 Å². The number of carbonyl (C=O) groups excluding carboxylic acids is 2. The largest absolute Gasteiger partial charge is 0.443 e. The first-order valence-electron chi connectivity index (χ1n) is 12.9. The van der Waals surface area contributed by atoms with E-state index in [9.17, 15) is 23.9 Å². The van der Waals surface area contributed by atoms with E-state index in [4.69, 9.17) is 4.74 Å². The van der Waals surface area contributed by atoms with Crippen LogP contribution in [0.3, 0.4) is 0 Å². The van der Waals surface area contributed by atoms with Crippen molar-refractivity contribution in [2.45, 2.75) is 76.4 Å². The number of nitrogens with zero attached hydrogens (tertiary/aromatic N) is 5. The highest BCUT2D eigenvalue weighted by Gasteiger charge is 2.33. The van der Waals surface area contributed by atoms with Gasteiger partial charge in [-0.2, -0.15) is 9.61 Å². The number of pyridine rings is 1. The molecule has 2 saturated carbocycles. The predicted octanol–water partition coefficient (Wildman–Crippen LogP) is 2.93. The first-order valence-corrected chi connectivity index (χ1v) is 12.9. The van der Waals surface area contributed by atoms with Gasteiger partial charge in [0.2, 0.25) is 0 Å². The summed E-state index contributed by atoms with van der Waals surface area (Å²) in [6.07, 6.45) is 2.59. The lowest BCUT2D eigenvalue weighted by molar-refractivity contribution is 0.0448. The van der Waals surface area contributed by atoms with E-state index in [-0.39, 0.29) is 59.0 Å². The molecule has 0 aromatic carbocycles. The first-order chi connectivity index (χ1) is 18.4. The third-order valence-electron chi connectivity index (χ3n) is 6.95. The number of carbonyl (C=O) groups is 2. The van der Waals surface area contributed by atoms with Gasteiger partial charge in [-0.15, -0.1) is 0 Å². The van der Waals surface area contributed by atoms with E-state index in [2.05, 4.69) is 20.7 Å². The molecule has 0 spiro atoms. The van der Waals surface area contributed by atoms with Gasteiger partial charge in [-0.1, -0.05) is 0 Å². The summed E-state index contributed by atoms with van der Waals surface area (Å²) in [5.41, 5.74) is -0.640. The van der Waals surface area contributed by atoms with Gasteiger partial charge in [0.1, 0.15) is 34.7 Å². The standard InChI is InChI=1S/C26H32FN7O5/c1-26(2,3)39-25(38)32(4)21-12-20(29-18-6-5-9-33(24(18)37)15-10-14(27)11-15)31-22-16(13-28-34(21)22)23(36)30-17-7-8-19(17)35/h5-6,9,12-15,17,19,35H,7-8,10-11H2,1-4H3,(H,29,31)(H,30,36)/t14?,15?,17?,19-/m1/s1. The Morgan fingerprint density at radius 2 is 2.00 bits per heavy atom. The molecule has 3 heterocycles. The Bertz CT molecular complexity index is 1470. The lowest BCUT2D eigenvalue weighted by Crippen LogP contribution is -2.50. The summed E-state index contributed by atoms with van der Waals surface area (Å²) >= 11 is 0. The maximum absolute atomic E-state index is 13.4. The van der Waals surface area contributed by atoms with Gasteiger partial charge in [0.25, 0.3) is 11.5 Å². The minimum absolute atomic E-state index is 0.130. The molecule has 0 saturated heterocycles. The molecule has 3 N–H and O–H groups in total. The molecule has 2 fully saturated rings. The van der Waals surface area contributed by atoms with Crippen LogP contribution in [0.15, 0.2) is 35.4 Å². The second-order valence-corrected chi connectivity index (χ2v) is 11.0. The maximum atomic E-state index is 13.4. The third kappa shape index (κ3) is 5.31. The number of aliphatic hydroxyl groups is 1. The number of anilines is 3. The van der Waals surface area contributed by atoms with Crippen LogP contribution in [0, 0.1) is 0 Å². The number of aliphatic hydroxyl groups excluding tert-OH is 1. The average Bonchev–Trinajstić information content (AvgIpc) is 3.28. The Kier molecular flexibility index (Phi) is 6.79. The first kappa shape index (κ1) is 26.6. The van der Waals surface area contributed by atoms with Crippen molar-refractivity contribution < 1.29 is 23.8 Å². The van der Waals surface area contributed by atoms with E-state index in [0.717, 1.165) is 0 Å². The van der Waals surface area contributed by atoms with E-state index in [1.807, 2.05) is 0 Å². The number of rotatable bonds is 6. The zero-order chi connectivity index (χ0) is 28.1. The highest BCUT2D eigenvalue weighted by Crippen LogP contribution is 2.34. The molecule has 39 heavy (non-hydrogen) atoms. The molecule has 2 atom stereocenters. The second kappa shape index (κ2) is 9.95. The minimum atomic E-state index is -0.916. The Hall–Kier alpha value is -4.00. The van der Waals surface area contributed by atoms with Crippen LogP contribution in [-0.4, -0.2) is 67.2 Å². The number of fused-ring (bicyclic) bond motifs is 1. The van der Waals surface area contributed by atoms with Crippen molar-refractivity contribution in [1.82, 2.24) is 24.5 Å². The van der Waals surface area contributed by atoms with Crippen molar-refractivity contribution in [3.05, 3.63) is 46.5 Å². The molecule has 1 unspecified atom stereocenters. The smallest absolute Gasteiger partial charge is 0.415 e. The number of hydrogen-bond donors (Lipinski definition) is 3. The number of aromatic nitrogens is 4. The van der Waals surface area contributed by atoms with E-state index in [0.29, 0.717) is 12.8 Å². The summed E-state index contributed by atoms with van der Waals surface area (Å²) in [6, 6.07) is 4.19. The Morgan fingerprint density at radius 1 is 1.26 bits per heavy atom. The monoisotopic (exact) mass is 541 g/mol. The number of alkyl halides is 1. The molecule has 208 valence electrons. The lowest BCUT2D eigenvalue weighted by atomic mass is 9.89. The van der Waals surface area contributed by atoms with Gasteiger partial charge in [0.05, 0.1) is 18.3 Å². The van der Waals surface area contributed by atoms with Crippen LogP contribution in [0.5, 0.6) is 0 Å². The highest BCUT2D eigenvalue weighted by atomic mass is 19.1. The topological polar surface area (TPSA) is 143 Å². The van der Waals surface area contributed by atoms with Crippen LogP contribution in [0.2, 0.25) is 0 Å². The SMILES string of the molecule is CN(C(=O)OC(C)(C)C)c1cc(Nc2cccn(C3CC(F)C3)c2=O)nc2c(C(=O)NC3CC[C@H]3O)cnn12. The lowest BCUT2D eigenvalue weighted by Gasteiger charge is -2.32. The fourth-order valence-electron chi connectivity index (χ4n) is 4.51. The second-order valence-electron chi connectivity index (χ2n) is 11.0. The van der Waals surface area contributed by atoms with Crippen molar-refractivity contribution in [1.29, 1.82) is 0 Å². The zero-order valence-corrected chi connectivity index (χ0v) is 22.2. The van der Waals surface area contributed by atoms with Crippen LogP contribution < -0.4 is 21.1 Å². The van der Waals surface area contributed by atoms with Gasteiger partial charge in [0, 0.05) is 25.4 Å². The number of ether oxygens (including phenoxy) is 1. The summed E-state index contributed by atoms with van der Waals surface area (Å²) < 4.78 is 21.8. The summed E-state index contributed by atoms with van der Waals surface area (Å²) in [5.74, 6) is -0.0648. The van der Waals surface area contributed by atoms with Crippen LogP contribution in [0.1, 0.15) is 62.9 Å². The molecule has 3 aromatic heterocycles. The molecule has 3 aromatic rings. The van der Waals surface area contributed by atoms with Gasteiger partial charge in [-0.05, 0) is 58.6 Å². The molecule has 13 heteroatoms. The van der Waals surface area contributed by atoms with E-state index in [1.165, 1.54) is 33.3 Å². The normalized spacial score (nSPS) is 22.5.